The molecule has 2 aromatic carbocycles. The predicted octanol–water partition coefficient (Wildman–Crippen LogP) is 4.28. The van der Waals surface area contributed by atoms with Crippen molar-refractivity contribution in [1.29, 1.82) is 0 Å². The summed E-state index contributed by atoms with van der Waals surface area (Å²) in [6, 6.07) is 11.7. The minimum absolute atomic E-state index is 0.276. The van der Waals surface area contributed by atoms with Crippen molar-refractivity contribution in [2.24, 2.45) is 0 Å². The highest BCUT2D eigenvalue weighted by Gasteiger charge is 2.12. The summed E-state index contributed by atoms with van der Waals surface area (Å²) < 4.78 is 10.9. The summed E-state index contributed by atoms with van der Waals surface area (Å²) in [6.45, 7) is 2.32. The van der Waals surface area contributed by atoms with Gasteiger partial charge in [-0.2, -0.15) is 0 Å². The molecule has 1 amide bonds. The molecule has 0 bridgehead atoms. The summed E-state index contributed by atoms with van der Waals surface area (Å²) in [7, 11) is 1.54. The second kappa shape index (κ2) is 8.49. The highest BCUT2D eigenvalue weighted by atomic mass is 79.9. The molecule has 0 fully saturated rings. The van der Waals surface area contributed by atoms with E-state index in [0.29, 0.717) is 33.6 Å². The first kappa shape index (κ1) is 18.0. The highest BCUT2D eigenvalue weighted by Crippen LogP contribution is 2.23. The van der Waals surface area contributed by atoms with Crippen molar-refractivity contribution in [3.63, 3.8) is 0 Å². The second-order valence-corrected chi connectivity index (χ2v) is 5.87. The Morgan fingerprint density at radius 1 is 1.12 bits per heavy atom. The van der Waals surface area contributed by atoms with Gasteiger partial charge in [0.15, 0.2) is 0 Å². The van der Waals surface area contributed by atoms with Crippen LogP contribution in [-0.2, 0) is 4.74 Å². The van der Waals surface area contributed by atoms with Crippen molar-refractivity contribution < 1.29 is 19.1 Å². The van der Waals surface area contributed by atoms with Crippen molar-refractivity contribution in [3.05, 3.63) is 58.1 Å². The number of hydrogen-bond acceptors (Lipinski definition) is 4. The minimum atomic E-state index is -0.370. The molecule has 5 nitrogen and oxygen atoms in total. The van der Waals surface area contributed by atoms with Crippen molar-refractivity contribution >= 4 is 33.5 Å². The van der Waals surface area contributed by atoms with Crippen LogP contribution < -0.4 is 10.1 Å². The third kappa shape index (κ3) is 4.58. The summed E-state index contributed by atoms with van der Waals surface area (Å²) in [4.78, 5) is 24.1. The Hall–Kier alpha value is -2.34. The molecule has 0 radical (unpaired) electrons. The Balaban J connectivity index is 2.08. The zero-order valence-electron chi connectivity index (χ0n) is 13.5. The maximum absolute atomic E-state index is 12.4. The van der Waals surface area contributed by atoms with Crippen LogP contribution in [0.4, 0.5) is 5.69 Å². The van der Waals surface area contributed by atoms with Crippen molar-refractivity contribution in [2.45, 2.75) is 13.3 Å². The van der Waals surface area contributed by atoms with E-state index in [1.165, 1.54) is 0 Å². The maximum atomic E-state index is 12.4. The lowest BCUT2D eigenvalue weighted by Gasteiger charge is -2.09. The van der Waals surface area contributed by atoms with E-state index in [1.807, 2.05) is 6.92 Å². The van der Waals surface area contributed by atoms with Gasteiger partial charge in [0.25, 0.3) is 5.91 Å². The van der Waals surface area contributed by atoms with Crippen LogP contribution in [0.3, 0.4) is 0 Å². The van der Waals surface area contributed by atoms with Gasteiger partial charge in [-0.25, -0.2) is 4.79 Å². The molecular weight excluding hydrogens is 374 g/mol. The number of halogens is 1. The molecule has 2 aromatic rings. The van der Waals surface area contributed by atoms with Gasteiger partial charge in [-0.1, -0.05) is 6.92 Å². The molecule has 0 heterocycles. The molecule has 0 aliphatic carbocycles. The number of nitrogens with one attached hydrogen (secondary N) is 1. The number of carbonyl (C=O) groups excluding carboxylic acids is 2. The number of carbonyl (C=O) groups is 2. The first-order chi connectivity index (χ1) is 11.5. The molecular formula is C18H18BrNO4. The molecule has 0 saturated carbocycles. The molecule has 24 heavy (non-hydrogen) atoms. The fourth-order valence-corrected chi connectivity index (χ4v) is 2.40. The number of anilines is 1. The fraction of sp³-hybridized carbons (Fsp3) is 0.222. The van der Waals surface area contributed by atoms with Gasteiger partial charge in [0.1, 0.15) is 5.75 Å². The molecule has 0 aliphatic rings. The zero-order chi connectivity index (χ0) is 17.5. The molecule has 0 aliphatic heterocycles. The van der Waals surface area contributed by atoms with E-state index >= 15 is 0 Å². The average molecular weight is 392 g/mol. The predicted molar refractivity (Wildman–Crippen MR) is 95.7 cm³/mol. The summed E-state index contributed by atoms with van der Waals surface area (Å²) in [5.74, 6) is -0.0512. The SMILES string of the molecule is CCCOC(=O)c1ccc(NC(=O)c2cc(OC)ccc2Br)cc1. The largest absolute Gasteiger partial charge is 0.497 e. The average Bonchev–Trinajstić information content (AvgIpc) is 2.60. The first-order valence-electron chi connectivity index (χ1n) is 7.47. The van der Waals surface area contributed by atoms with Gasteiger partial charge in [-0.05, 0) is 64.8 Å². The maximum Gasteiger partial charge on any atom is 0.338 e. The van der Waals surface area contributed by atoms with Crippen LogP contribution >= 0.6 is 15.9 Å². The number of esters is 1. The molecule has 1 N–H and O–H groups in total. The monoisotopic (exact) mass is 391 g/mol. The van der Waals surface area contributed by atoms with E-state index in [9.17, 15) is 9.59 Å². The molecule has 2 rings (SSSR count). The molecule has 0 spiro atoms. The van der Waals surface area contributed by atoms with Crippen LogP contribution in [-0.4, -0.2) is 25.6 Å². The van der Waals surface area contributed by atoms with Gasteiger partial charge in [0, 0.05) is 10.2 Å². The third-order valence-corrected chi connectivity index (χ3v) is 3.93. The molecule has 6 heteroatoms. The number of benzene rings is 2. The highest BCUT2D eigenvalue weighted by molar-refractivity contribution is 9.10. The summed E-state index contributed by atoms with van der Waals surface area (Å²) in [5.41, 5.74) is 1.49. The third-order valence-electron chi connectivity index (χ3n) is 3.23. The van der Waals surface area contributed by atoms with Crippen molar-refractivity contribution in [2.75, 3.05) is 19.0 Å². The van der Waals surface area contributed by atoms with Crippen LogP contribution in [0.15, 0.2) is 46.9 Å². The zero-order valence-corrected chi connectivity index (χ0v) is 15.1. The van der Waals surface area contributed by atoms with Gasteiger partial charge >= 0.3 is 5.97 Å². The minimum Gasteiger partial charge on any atom is -0.497 e. The summed E-state index contributed by atoms with van der Waals surface area (Å²) in [5, 5.41) is 2.78. The number of methoxy groups -OCH3 is 1. The van der Waals surface area contributed by atoms with Crippen molar-refractivity contribution in [1.82, 2.24) is 0 Å². The van der Waals surface area contributed by atoms with Crippen LogP contribution in [0.1, 0.15) is 34.1 Å². The quantitative estimate of drug-likeness (QED) is 0.746. The van der Waals surface area contributed by atoms with E-state index in [4.69, 9.17) is 9.47 Å². The van der Waals surface area contributed by atoms with Gasteiger partial charge in [-0.3, -0.25) is 4.79 Å². The van der Waals surface area contributed by atoms with Crippen LogP contribution in [0.5, 0.6) is 5.75 Å². The number of amides is 1. The molecule has 0 atom stereocenters. The number of ether oxygens (including phenoxy) is 2. The summed E-state index contributed by atoms with van der Waals surface area (Å²) >= 11 is 3.35. The van der Waals surface area contributed by atoms with Gasteiger partial charge < -0.3 is 14.8 Å². The van der Waals surface area contributed by atoms with Crippen molar-refractivity contribution in [3.8, 4) is 5.75 Å². The lowest BCUT2D eigenvalue weighted by atomic mass is 10.1. The Morgan fingerprint density at radius 3 is 2.46 bits per heavy atom. The summed E-state index contributed by atoms with van der Waals surface area (Å²) in [6.07, 6.45) is 0.773. The van der Waals surface area contributed by atoms with E-state index in [2.05, 4.69) is 21.2 Å². The normalized spacial score (nSPS) is 10.1. The van der Waals surface area contributed by atoms with Gasteiger partial charge in [0.05, 0.1) is 24.8 Å². The molecule has 0 saturated heterocycles. The van der Waals surface area contributed by atoms with Crippen LogP contribution in [0.2, 0.25) is 0 Å². The Kier molecular flexibility index (Phi) is 6.37. The van der Waals surface area contributed by atoms with Gasteiger partial charge in [0.2, 0.25) is 0 Å². The Labute approximate surface area is 149 Å². The van der Waals surface area contributed by atoms with E-state index in [1.54, 1.807) is 49.6 Å². The number of hydrogen-bond donors (Lipinski definition) is 1. The van der Waals surface area contributed by atoms with E-state index < -0.39 is 0 Å². The number of rotatable bonds is 6. The van der Waals surface area contributed by atoms with E-state index in [0.717, 1.165) is 6.42 Å². The lowest BCUT2D eigenvalue weighted by Crippen LogP contribution is -2.13. The first-order valence-corrected chi connectivity index (χ1v) is 8.26. The standard InChI is InChI=1S/C18H18BrNO4/c1-3-10-24-18(22)12-4-6-13(7-5-12)20-17(21)15-11-14(23-2)8-9-16(15)19/h4-9,11H,3,10H2,1-2H3,(H,20,21). The smallest absolute Gasteiger partial charge is 0.338 e. The Morgan fingerprint density at radius 2 is 1.83 bits per heavy atom. The fourth-order valence-electron chi connectivity index (χ4n) is 1.97. The molecule has 0 aromatic heterocycles. The second-order valence-electron chi connectivity index (χ2n) is 5.01. The lowest BCUT2D eigenvalue weighted by molar-refractivity contribution is 0.0505. The van der Waals surface area contributed by atoms with Crippen LogP contribution in [0.25, 0.3) is 0 Å². The van der Waals surface area contributed by atoms with Crippen LogP contribution in [0, 0.1) is 0 Å². The Bertz CT molecular complexity index is 728. The molecule has 126 valence electrons. The topological polar surface area (TPSA) is 64.6 Å². The van der Waals surface area contributed by atoms with Gasteiger partial charge in [-0.15, -0.1) is 0 Å². The van der Waals surface area contributed by atoms with E-state index in [-0.39, 0.29) is 11.9 Å². The molecule has 0 unspecified atom stereocenters.